The zero-order valence-corrected chi connectivity index (χ0v) is 11.3. The Morgan fingerprint density at radius 2 is 2.40 bits per heavy atom. The standard InChI is InChI=1S/C11H12N6O2S/c18-9-2-1-8(14-15-9)10(19)12-4-3-7-5-20-11-16-13-6-17(7)11/h5-6H,1-4H2,(H,12,19)(H,15,18). The monoisotopic (exact) mass is 292 g/mol. The number of hydrazone groups is 1. The highest BCUT2D eigenvalue weighted by Crippen LogP contribution is 2.13. The van der Waals surface area contributed by atoms with Crippen LogP contribution in [0.15, 0.2) is 16.8 Å². The predicted molar refractivity (Wildman–Crippen MR) is 72.4 cm³/mol. The lowest BCUT2D eigenvalue weighted by atomic mass is 10.1. The second-order valence-electron chi connectivity index (χ2n) is 4.31. The summed E-state index contributed by atoms with van der Waals surface area (Å²) in [6.07, 6.45) is 3.02. The van der Waals surface area contributed by atoms with Gasteiger partial charge in [0.2, 0.25) is 10.9 Å². The molecule has 0 saturated heterocycles. The van der Waals surface area contributed by atoms with Gasteiger partial charge in [0.05, 0.1) is 0 Å². The molecule has 0 saturated carbocycles. The predicted octanol–water partition coefficient (Wildman–Crippen LogP) is -0.285. The third kappa shape index (κ3) is 2.52. The fraction of sp³-hybridized carbons (Fsp3) is 0.364. The maximum absolute atomic E-state index is 11.8. The fourth-order valence-corrected chi connectivity index (χ4v) is 2.75. The molecule has 2 amide bonds. The van der Waals surface area contributed by atoms with Gasteiger partial charge >= 0.3 is 0 Å². The summed E-state index contributed by atoms with van der Waals surface area (Å²) in [4.78, 5) is 23.6. The summed E-state index contributed by atoms with van der Waals surface area (Å²) in [6, 6.07) is 0. The van der Waals surface area contributed by atoms with Crippen LogP contribution >= 0.6 is 11.3 Å². The molecule has 0 atom stereocenters. The molecule has 0 unspecified atom stereocenters. The summed E-state index contributed by atoms with van der Waals surface area (Å²) >= 11 is 1.51. The van der Waals surface area contributed by atoms with Crippen LogP contribution in [0.25, 0.3) is 4.96 Å². The van der Waals surface area contributed by atoms with Crippen LogP contribution in [-0.4, -0.2) is 38.7 Å². The average Bonchev–Trinajstić information content (AvgIpc) is 3.04. The van der Waals surface area contributed by atoms with Crippen LogP contribution in [0.5, 0.6) is 0 Å². The van der Waals surface area contributed by atoms with Crippen LogP contribution in [0.2, 0.25) is 0 Å². The van der Waals surface area contributed by atoms with Crippen molar-refractivity contribution in [2.24, 2.45) is 5.10 Å². The van der Waals surface area contributed by atoms with E-state index < -0.39 is 0 Å². The Hall–Kier alpha value is -2.29. The van der Waals surface area contributed by atoms with Gasteiger partial charge in [-0.15, -0.1) is 21.5 Å². The van der Waals surface area contributed by atoms with Gasteiger partial charge in [-0.2, -0.15) is 5.10 Å². The molecule has 8 nitrogen and oxygen atoms in total. The minimum atomic E-state index is -0.236. The minimum absolute atomic E-state index is 0.158. The van der Waals surface area contributed by atoms with Gasteiger partial charge in [0, 0.05) is 36.9 Å². The van der Waals surface area contributed by atoms with Gasteiger partial charge < -0.3 is 5.32 Å². The van der Waals surface area contributed by atoms with Crippen molar-refractivity contribution in [2.45, 2.75) is 19.3 Å². The van der Waals surface area contributed by atoms with Gasteiger partial charge in [-0.3, -0.25) is 14.0 Å². The molecule has 104 valence electrons. The molecular weight excluding hydrogens is 280 g/mol. The van der Waals surface area contributed by atoms with Crippen molar-refractivity contribution in [1.82, 2.24) is 25.3 Å². The number of hydrogen-bond donors (Lipinski definition) is 2. The summed E-state index contributed by atoms with van der Waals surface area (Å²) < 4.78 is 1.90. The smallest absolute Gasteiger partial charge is 0.267 e. The molecule has 3 rings (SSSR count). The number of thiazole rings is 1. The molecule has 1 aliphatic heterocycles. The largest absolute Gasteiger partial charge is 0.351 e. The second-order valence-corrected chi connectivity index (χ2v) is 5.15. The van der Waals surface area contributed by atoms with Gasteiger partial charge in [-0.1, -0.05) is 0 Å². The zero-order chi connectivity index (χ0) is 13.9. The molecule has 3 heterocycles. The first-order chi connectivity index (χ1) is 9.74. The third-order valence-corrected chi connectivity index (χ3v) is 3.84. The number of rotatable bonds is 4. The van der Waals surface area contributed by atoms with Gasteiger partial charge in [-0.25, -0.2) is 5.43 Å². The minimum Gasteiger partial charge on any atom is -0.351 e. The summed E-state index contributed by atoms with van der Waals surface area (Å²) in [6.45, 7) is 0.496. The fourth-order valence-electron chi connectivity index (χ4n) is 1.90. The Labute approximate surface area is 117 Å². The zero-order valence-electron chi connectivity index (χ0n) is 10.5. The maximum Gasteiger partial charge on any atom is 0.267 e. The van der Waals surface area contributed by atoms with E-state index in [1.54, 1.807) is 6.33 Å². The van der Waals surface area contributed by atoms with E-state index in [0.29, 0.717) is 31.5 Å². The normalized spacial score (nSPS) is 15.0. The van der Waals surface area contributed by atoms with Gasteiger partial charge in [0.1, 0.15) is 12.0 Å². The average molecular weight is 292 g/mol. The number of aromatic nitrogens is 3. The first kappa shape index (κ1) is 12.7. The molecule has 1 aliphatic rings. The van der Waals surface area contributed by atoms with E-state index in [4.69, 9.17) is 0 Å². The van der Waals surface area contributed by atoms with Crippen molar-refractivity contribution in [1.29, 1.82) is 0 Å². The Morgan fingerprint density at radius 1 is 1.50 bits per heavy atom. The van der Waals surface area contributed by atoms with E-state index in [-0.39, 0.29) is 11.8 Å². The molecule has 0 fully saturated rings. The molecule has 2 N–H and O–H groups in total. The van der Waals surface area contributed by atoms with Crippen LogP contribution in [-0.2, 0) is 16.0 Å². The lowest BCUT2D eigenvalue weighted by Gasteiger charge is -2.11. The van der Waals surface area contributed by atoms with Crippen molar-refractivity contribution in [3.63, 3.8) is 0 Å². The van der Waals surface area contributed by atoms with E-state index in [1.165, 1.54) is 11.3 Å². The van der Waals surface area contributed by atoms with Crippen LogP contribution in [0.1, 0.15) is 18.5 Å². The molecule has 0 aliphatic carbocycles. The maximum atomic E-state index is 11.8. The van der Waals surface area contributed by atoms with E-state index in [2.05, 4.69) is 26.0 Å². The third-order valence-electron chi connectivity index (χ3n) is 2.96. The molecule has 2 aromatic rings. The van der Waals surface area contributed by atoms with Gasteiger partial charge in [0.25, 0.3) is 5.91 Å². The summed E-state index contributed by atoms with van der Waals surface area (Å²) in [5.74, 6) is -0.393. The van der Waals surface area contributed by atoms with Crippen molar-refractivity contribution >= 4 is 33.8 Å². The van der Waals surface area contributed by atoms with Crippen LogP contribution in [0.3, 0.4) is 0 Å². The molecule has 9 heteroatoms. The van der Waals surface area contributed by atoms with Crippen molar-refractivity contribution in [2.75, 3.05) is 6.54 Å². The highest BCUT2D eigenvalue weighted by molar-refractivity contribution is 7.15. The van der Waals surface area contributed by atoms with Crippen molar-refractivity contribution < 1.29 is 9.59 Å². The summed E-state index contributed by atoms with van der Waals surface area (Å²) in [7, 11) is 0. The number of carbonyl (C=O) groups is 2. The van der Waals surface area contributed by atoms with Gasteiger partial charge in [0.15, 0.2) is 0 Å². The number of nitrogens with zero attached hydrogens (tertiary/aromatic N) is 4. The lowest BCUT2D eigenvalue weighted by molar-refractivity contribution is -0.121. The van der Waals surface area contributed by atoms with Crippen LogP contribution in [0.4, 0.5) is 0 Å². The van der Waals surface area contributed by atoms with E-state index in [9.17, 15) is 9.59 Å². The van der Waals surface area contributed by atoms with E-state index >= 15 is 0 Å². The number of amides is 2. The Bertz CT molecular complexity index is 688. The molecule has 20 heavy (non-hydrogen) atoms. The summed E-state index contributed by atoms with van der Waals surface area (Å²) in [5, 5.41) is 16.3. The molecular formula is C11H12N6O2S. The number of hydrogen-bond acceptors (Lipinski definition) is 6. The van der Waals surface area contributed by atoms with Crippen molar-refractivity contribution in [3.8, 4) is 0 Å². The van der Waals surface area contributed by atoms with E-state index in [0.717, 1.165) is 10.7 Å². The SMILES string of the molecule is O=C1CCC(C(=O)NCCc2csc3nncn23)=NN1. The Morgan fingerprint density at radius 3 is 3.20 bits per heavy atom. The molecule has 0 radical (unpaired) electrons. The first-order valence-corrected chi connectivity index (χ1v) is 7.02. The van der Waals surface area contributed by atoms with Gasteiger partial charge in [-0.05, 0) is 0 Å². The molecule has 0 aromatic carbocycles. The Kier molecular flexibility index (Phi) is 3.42. The number of fused-ring (bicyclic) bond motifs is 1. The quantitative estimate of drug-likeness (QED) is 0.809. The Balaban J connectivity index is 1.54. The number of nitrogens with one attached hydrogen (secondary N) is 2. The molecule has 0 spiro atoms. The second kappa shape index (κ2) is 5.37. The highest BCUT2D eigenvalue weighted by Gasteiger charge is 2.17. The molecule has 2 aromatic heterocycles. The summed E-state index contributed by atoms with van der Waals surface area (Å²) in [5.41, 5.74) is 3.72. The van der Waals surface area contributed by atoms with E-state index in [1.807, 2.05) is 9.78 Å². The van der Waals surface area contributed by atoms with Crippen LogP contribution in [0, 0.1) is 0 Å². The highest BCUT2D eigenvalue weighted by atomic mass is 32.1. The topological polar surface area (TPSA) is 101 Å². The molecule has 0 bridgehead atoms. The van der Waals surface area contributed by atoms with Crippen LogP contribution < -0.4 is 10.7 Å². The first-order valence-electron chi connectivity index (χ1n) is 6.14. The lowest BCUT2D eigenvalue weighted by Crippen LogP contribution is -2.37. The number of carbonyl (C=O) groups excluding carboxylic acids is 2. The van der Waals surface area contributed by atoms with Crippen molar-refractivity contribution in [3.05, 3.63) is 17.4 Å².